The number of benzene rings is 2. The van der Waals surface area contributed by atoms with Gasteiger partial charge in [0, 0.05) is 34.3 Å². The molecule has 2 aromatic carbocycles. The lowest BCUT2D eigenvalue weighted by atomic mass is 9.92. The number of hydrogen-bond acceptors (Lipinski definition) is 7. The third kappa shape index (κ3) is 6.07. The molecule has 220 valence electrons. The maximum atomic E-state index is 14.2. The molecule has 0 amide bonds. The largest absolute Gasteiger partial charge is 0.473 e. The summed E-state index contributed by atoms with van der Waals surface area (Å²) >= 11 is 3.29. The molecule has 2 aliphatic rings. The smallest absolute Gasteiger partial charge is 0.337 e. The van der Waals surface area contributed by atoms with Crippen LogP contribution in [0.2, 0.25) is 0 Å². The number of carbonyl (C=O) groups is 1. The van der Waals surface area contributed by atoms with Gasteiger partial charge >= 0.3 is 5.97 Å². The highest BCUT2D eigenvalue weighted by Crippen LogP contribution is 2.34. The molecule has 4 heterocycles. The van der Waals surface area contributed by atoms with E-state index in [0.717, 1.165) is 61.5 Å². The van der Waals surface area contributed by atoms with Crippen LogP contribution in [0.15, 0.2) is 59.1 Å². The van der Waals surface area contributed by atoms with Crippen molar-refractivity contribution in [3.05, 3.63) is 87.5 Å². The van der Waals surface area contributed by atoms with Crippen LogP contribution in [-0.2, 0) is 22.6 Å². The lowest BCUT2D eigenvalue weighted by Gasteiger charge is -2.36. The van der Waals surface area contributed by atoms with E-state index in [1.165, 1.54) is 13.2 Å². The van der Waals surface area contributed by atoms with Crippen molar-refractivity contribution >= 4 is 32.9 Å². The Labute approximate surface area is 252 Å². The van der Waals surface area contributed by atoms with Crippen LogP contribution >= 0.6 is 15.9 Å². The minimum absolute atomic E-state index is 0.0865. The summed E-state index contributed by atoms with van der Waals surface area (Å²) in [6, 6.07) is 16.4. The zero-order chi connectivity index (χ0) is 29.2. The van der Waals surface area contributed by atoms with E-state index in [9.17, 15) is 9.18 Å². The van der Waals surface area contributed by atoms with Gasteiger partial charge in [0.2, 0.25) is 5.88 Å². The Kier molecular flexibility index (Phi) is 8.55. The molecule has 8 nitrogen and oxygen atoms in total. The van der Waals surface area contributed by atoms with Crippen molar-refractivity contribution in [3.8, 4) is 5.88 Å². The Morgan fingerprint density at radius 3 is 2.64 bits per heavy atom. The summed E-state index contributed by atoms with van der Waals surface area (Å²) in [6.45, 7) is 5.62. The Balaban J connectivity index is 1.14. The number of likely N-dealkylation sites (tertiary alicyclic amines) is 1. The number of halogens is 2. The molecule has 0 N–H and O–H groups in total. The first-order chi connectivity index (χ1) is 20.4. The van der Waals surface area contributed by atoms with Gasteiger partial charge in [0.25, 0.3) is 0 Å². The molecule has 0 aliphatic carbocycles. The summed E-state index contributed by atoms with van der Waals surface area (Å²) in [6.07, 6.45) is 3.09. The number of aromatic nitrogens is 3. The third-order valence-corrected chi connectivity index (χ3v) is 8.88. The molecular formula is C32H34BrFN4O4. The minimum atomic E-state index is -0.357. The van der Waals surface area contributed by atoms with E-state index in [2.05, 4.69) is 32.3 Å². The highest BCUT2D eigenvalue weighted by molar-refractivity contribution is 9.10. The van der Waals surface area contributed by atoms with Crippen LogP contribution in [0.1, 0.15) is 65.6 Å². The maximum absolute atomic E-state index is 14.2. The van der Waals surface area contributed by atoms with Crippen LogP contribution in [0.3, 0.4) is 0 Å². The first-order valence-electron chi connectivity index (χ1n) is 14.4. The van der Waals surface area contributed by atoms with Crippen LogP contribution in [0.4, 0.5) is 4.39 Å². The van der Waals surface area contributed by atoms with Gasteiger partial charge in [-0.1, -0.05) is 28.1 Å². The first-order valence-corrected chi connectivity index (χ1v) is 15.2. The van der Waals surface area contributed by atoms with Crippen LogP contribution in [0.5, 0.6) is 5.88 Å². The molecular weight excluding hydrogens is 603 g/mol. The maximum Gasteiger partial charge on any atom is 0.337 e. The van der Waals surface area contributed by atoms with E-state index in [1.54, 1.807) is 18.2 Å². The van der Waals surface area contributed by atoms with Crippen molar-refractivity contribution in [1.82, 2.24) is 19.4 Å². The van der Waals surface area contributed by atoms with Crippen molar-refractivity contribution < 1.29 is 23.4 Å². The number of methoxy groups -OCH3 is 1. The van der Waals surface area contributed by atoms with E-state index < -0.39 is 0 Å². The van der Waals surface area contributed by atoms with Gasteiger partial charge in [-0.25, -0.2) is 19.2 Å². The van der Waals surface area contributed by atoms with Gasteiger partial charge in [-0.3, -0.25) is 4.90 Å². The summed E-state index contributed by atoms with van der Waals surface area (Å²) in [5, 5.41) is 0. The number of pyridine rings is 1. The predicted molar refractivity (Wildman–Crippen MR) is 160 cm³/mol. The van der Waals surface area contributed by atoms with Gasteiger partial charge in [0.05, 0.1) is 42.4 Å². The fourth-order valence-corrected chi connectivity index (χ4v) is 6.14. The average Bonchev–Trinajstić information content (AvgIpc) is 3.35. The van der Waals surface area contributed by atoms with E-state index in [4.69, 9.17) is 24.2 Å². The van der Waals surface area contributed by atoms with Gasteiger partial charge in [-0.15, -0.1) is 0 Å². The van der Waals surface area contributed by atoms with Crippen LogP contribution < -0.4 is 4.74 Å². The topological polar surface area (TPSA) is 78.7 Å². The van der Waals surface area contributed by atoms with Crippen molar-refractivity contribution in [2.45, 2.75) is 57.4 Å². The number of nitrogens with zero attached hydrogens (tertiary/aromatic N) is 4. The Bertz CT molecular complexity index is 1580. The van der Waals surface area contributed by atoms with Crippen molar-refractivity contribution in [2.75, 3.05) is 26.8 Å². The summed E-state index contributed by atoms with van der Waals surface area (Å²) < 4.78 is 33.7. The average molecular weight is 638 g/mol. The van der Waals surface area contributed by atoms with Crippen LogP contribution in [-0.4, -0.2) is 58.3 Å². The Morgan fingerprint density at radius 1 is 1.12 bits per heavy atom. The van der Waals surface area contributed by atoms with Crippen molar-refractivity contribution in [1.29, 1.82) is 0 Å². The monoisotopic (exact) mass is 636 g/mol. The van der Waals surface area contributed by atoms with Gasteiger partial charge in [-0.2, -0.15) is 0 Å². The lowest BCUT2D eigenvalue weighted by molar-refractivity contribution is -0.0594. The van der Waals surface area contributed by atoms with Gasteiger partial charge in [0.1, 0.15) is 18.2 Å². The SMILES string of the molecule is COC(=O)c1ccc2nc([C@H](C)N3CCC(c4cccc(OCc5ccc(Br)cc5F)n4)CC3)n(C[C@@H]3CCO3)c2c1. The number of rotatable bonds is 9. The second-order valence-electron chi connectivity index (χ2n) is 11.0. The molecule has 0 radical (unpaired) electrons. The second-order valence-corrected chi connectivity index (χ2v) is 11.9. The normalized spacial score (nSPS) is 18.5. The highest BCUT2D eigenvalue weighted by atomic mass is 79.9. The molecule has 0 unspecified atom stereocenters. The summed E-state index contributed by atoms with van der Waals surface area (Å²) in [5.41, 5.74) is 3.79. The molecule has 42 heavy (non-hydrogen) atoms. The van der Waals surface area contributed by atoms with Crippen molar-refractivity contribution in [3.63, 3.8) is 0 Å². The molecule has 0 bridgehead atoms. The number of carbonyl (C=O) groups excluding carboxylic acids is 1. The second kappa shape index (κ2) is 12.5. The number of piperidine rings is 1. The molecule has 6 rings (SSSR count). The van der Waals surface area contributed by atoms with Gasteiger partial charge < -0.3 is 18.8 Å². The quantitative estimate of drug-likeness (QED) is 0.196. The standard InChI is InChI=1S/C32H34BrFN4O4/c1-20(31-36-28-9-7-22(32(39)40-2)16-29(28)38(31)18-25-12-15-41-25)37-13-10-21(11-14-37)27-4-3-5-30(35-27)42-19-23-6-8-24(33)17-26(23)34/h3-9,16-17,20-21,25H,10-15,18-19H2,1-2H3/t20-,25-/m0/s1. The number of esters is 1. The molecule has 2 fully saturated rings. The molecule has 0 saturated carbocycles. The fourth-order valence-electron chi connectivity index (χ4n) is 5.80. The van der Waals surface area contributed by atoms with Crippen molar-refractivity contribution in [2.24, 2.45) is 0 Å². The van der Waals surface area contributed by atoms with E-state index in [0.29, 0.717) is 33.9 Å². The van der Waals surface area contributed by atoms with E-state index in [-0.39, 0.29) is 30.5 Å². The van der Waals surface area contributed by atoms with Gasteiger partial charge in [0.15, 0.2) is 0 Å². The Hall–Kier alpha value is -3.34. The molecule has 0 spiro atoms. The number of fused-ring (bicyclic) bond motifs is 1. The first kappa shape index (κ1) is 28.8. The van der Waals surface area contributed by atoms with Crippen LogP contribution in [0.25, 0.3) is 11.0 Å². The lowest BCUT2D eigenvalue weighted by Crippen LogP contribution is -2.37. The zero-order valence-electron chi connectivity index (χ0n) is 23.8. The number of hydrogen-bond donors (Lipinski definition) is 0. The molecule has 2 aromatic heterocycles. The summed E-state index contributed by atoms with van der Waals surface area (Å²) in [5.74, 6) is 1.13. The summed E-state index contributed by atoms with van der Waals surface area (Å²) in [7, 11) is 1.40. The number of ether oxygens (including phenoxy) is 3. The molecule has 2 atom stereocenters. The van der Waals surface area contributed by atoms with Gasteiger partial charge in [-0.05, 0) is 75.7 Å². The van der Waals surface area contributed by atoms with E-state index in [1.807, 2.05) is 30.3 Å². The summed E-state index contributed by atoms with van der Waals surface area (Å²) in [4.78, 5) is 24.5. The van der Waals surface area contributed by atoms with Crippen LogP contribution in [0, 0.1) is 5.82 Å². The fraction of sp³-hybridized carbons (Fsp3) is 0.406. The molecule has 10 heteroatoms. The zero-order valence-corrected chi connectivity index (χ0v) is 25.3. The molecule has 2 aliphatic heterocycles. The number of imidazole rings is 1. The molecule has 2 saturated heterocycles. The minimum Gasteiger partial charge on any atom is -0.473 e. The third-order valence-electron chi connectivity index (χ3n) is 8.38. The Morgan fingerprint density at radius 2 is 1.93 bits per heavy atom. The predicted octanol–water partition coefficient (Wildman–Crippen LogP) is 6.43. The highest BCUT2D eigenvalue weighted by Gasteiger charge is 2.30. The molecule has 4 aromatic rings. The van der Waals surface area contributed by atoms with E-state index >= 15 is 0 Å².